The highest BCUT2D eigenvalue weighted by Gasteiger charge is 2.39. The summed E-state index contributed by atoms with van der Waals surface area (Å²) in [5.41, 5.74) is 7.73. The van der Waals surface area contributed by atoms with Gasteiger partial charge >= 0.3 is 0 Å². The average Bonchev–Trinajstić information content (AvgIpc) is 3.58. The van der Waals surface area contributed by atoms with Crippen LogP contribution in [0.2, 0.25) is 0 Å². The van der Waals surface area contributed by atoms with E-state index in [1.54, 1.807) is 23.7 Å². The summed E-state index contributed by atoms with van der Waals surface area (Å²) in [5, 5.41) is 2.38. The Bertz CT molecular complexity index is 2170. The number of fused-ring (bicyclic) bond motifs is 2. The highest BCUT2D eigenvalue weighted by molar-refractivity contribution is 7.80. The van der Waals surface area contributed by atoms with E-state index in [4.69, 9.17) is 21.7 Å². The van der Waals surface area contributed by atoms with Crippen LogP contribution in [-0.4, -0.2) is 119 Å². The fourth-order valence-electron chi connectivity index (χ4n) is 9.79. The van der Waals surface area contributed by atoms with E-state index < -0.39 is 6.04 Å². The Labute approximate surface area is 352 Å². The standard InChI is InChI=1S/C45H57N7O6S/c1-5-42(59)51-17-13-34-35(26-47(2)44(55)36(34)28-51)30-23-39(57-3)37(40(24-30)58-4)27-49-15-11-29(12-16-49)10-14-48-18-20-50(21-19-48)32-6-7-33-31(22-32)25-52(45(33)56)38-8-9-41(53)46-43(38)54/h6-7,22-24,26,29,38H,5,8-21,25,27-28H2,1-4H3,(H,46,53,54). The van der Waals surface area contributed by atoms with Crippen molar-refractivity contribution in [3.63, 3.8) is 0 Å². The van der Waals surface area contributed by atoms with E-state index in [0.717, 1.165) is 140 Å². The first-order valence-electron chi connectivity index (χ1n) is 21.3. The summed E-state index contributed by atoms with van der Waals surface area (Å²) in [4.78, 5) is 62.7. The van der Waals surface area contributed by atoms with Gasteiger partial charge in [0.2, 0.25) is 11.8 Å². The minimum Gasteiger partial charge on any atom is -0.496 e. The van der Waals surface area contributed by atoms with Gasteiger partial charge in [-0.15, -0.1) is 0 Å². The maximum atomic E-state index is 13.3. The zero-order valence-corrected chi connectivity index (χ0v) is 35.7. The number of benzene rings is 2. The number of nitrogens with zero attached hydrogens (tertiary/aromatic N) is 6. The van der Waals surface area contributed by atoms with Crippen LogP contribution in [0.5, 0.6) is 11.5 Å². The number of nitrogens with one attached hydrogen (secondary N) is 1. The molecule has 3 saturated heterocycles. The molecular formula is C45H57N7O6S. The monoisotopic (exact) mass is 823 g/mol. The number of imide groups is 1. The third kappa shape index (κ3) is 8.36. The van der Waals surface area contributed by atoms with Crippen LogP contribution in [0.15, 0.2) is 41.3 Å². The first-order valence-corrected chi connectivity index (χ1v) is 21.7. The van der Waals surface area contributed by atoms with E-state index in [0.29, 0.717) is 31.0 Å². The van der Waals surface area contributed by atoms with Gasteiger partial charge in [0.05, 0.1) is 24.8 Å². The lowest BCUT2D eigenvalue weighted by atomic mass is 9.91. The molecule has 0 radical (unpaired) electrons. The summed E-state index contributed by atoms with van der Waals surface area (Å²) in [6.07, 6.45) is 7.64. The summed E-state index contributed by atoms with van der Waals surface area (Å²) < 4.78 is 13.7. The Morgan fingerprint density at radius 3 is 2.24 bits per heavy atom. The third-order valence-corrected chi connectivity index (χ3v) is 13.9. The van der Waals surface area contributed by atoms with Crippen LogP contribution in [0.25, 0.3) is 11.1 Å². The quantitative estimate of drug-likeness (QED) is 0.220. The minimum atomic E-state index is -0.596. The Balaban J connectivity index is 0.831. The van der Waals surface area contributed by atoms with Gasteiger partial charge in [-0.05, 0) is 111 Å². The predicted octanol–water partition coefficient (Wildman–Crippen LogP) is 4.35. The molecule has 13 nitrogen and oxygen atoms in total. The van der Waals surface area contributed by atoms with Crippen LogP contribution >= 0.6 is 12.2 Å². The van der Waals surface area contributed by atoms with Gasteiger partial charge in [0.25, 0.3) is 11.5 Å². The topological polar surface area (TPSA) is 120 Å². The average molecular weight is 824 g/mol. The number of hydrogen-bond acceptors (Lipinski definition) is 10. The molecule has 0 bridgehead atoms. The Kier molecular flexibility index (Phi) is 12.1. The molecule has 2 aromatic carbocycles. The van der Waals surface area contributed by atoms with Crippen molar-refractivity contribution in [3.05, 3.63) is 74.7 Å². The molecule has 0 saturated carbocycles. The number of likely N-dealkylation sites (tertiary alicyclic amines) is 1. The molecule has 0 aliphatic carbocycles. The van der Waals surface area contributed by atoms with Crippen molar-refractivity contribution in [2.24, 2.45) is 13.0 Å². The molecule has 314 valence electrons. The molecule has 0 spiro atoms. The first kappa shape index (κ1) is 41.0. The third-order valence-electron chi connectivity index (χ3n) is 13.3. The molecule has 3 aromatic rings. The maximum absolute atomic E-state index is 13.3. The van der Waals surface area contributed by atoms with Crippen LogP contribution in [0, 0.1) is 5.92 Å². The number of piperidine rings is 2. The zero-order chi connectivity index (χ0) is 41.4. The number of pyridine rings is 1. The van der Waals surface area contributed by atoms with Crippen molar-refractivity contribution < 1.29 is 23.9 Å². The maximum Gasteiger partial charge on any atom is 0.255 e. The first-order chi connectivity index (χ1) is 28.5. The molecule has 1 aromatic heterocycles. The smallest absolute Gasteiger partial charge is 0.255 e. The number of amides is 3. The number of piperazine rings is 1. The molecule has 3 fully saturated rings. The second kappa shape index (κ2) is 17.4. The number of thiocarbonyl (C=S) groups is 1. The second-order valence-corrected chi connectivity index (χ2v) is 17.2. The summed E-state index contributed by atoms with van der Waals surface area (Å²) in [7, 11) is 5.27. The number of anilines is 1. The molecule has 59 heavy (non-hydrogen) atoms. The van der Waals surface area contributed by atoms with Gasteiger partial charge in [0.1, 0.15) is 17.5 Å². The van der Waals surface area contributed by atoms with Gasteiger partial charge in [-0.3, -0.25) is 34.3 Å². The molecule has 5 aliphatic heterocycles. The number of aromatic nitrogens is 1. The number of rotatable bonds is 11. The van der Waals surface area contributed by atoms with Crippen molar-refractivity contribution in [2.75, 3.05) is 71.5 Å². The lowest BCUT2D eigenvalue weighted by Gasteiger charge is -2.38. The number of carbonyl (C=O) groups is 3. The van der Waals surface area contributed by atoms with E-state index in [9.17, 15) is 19.2 Å². The number of methoxy groups -OCH3 is 2. The van der Waals surface area contributed by atoms with E-state index in [2.05, 4.69) is 50.0 Å². The lowest BCUT2D eigenvalue weighted by Crippen LogP contribution is -2.52. The number of aryl methyl sites for hydroxylation is 1. The fraction of sp³-hybridized carbons (Fsp3) is 0.533. The van der Waals surface area contributed by atoms with Crippen molar-refractivity contribution in [1.82, 2.24) is 29.5 Å². The van der Waals surface area contributed by atoms with Crippen molar-refractivity contribution in [1.29, 1.82) is 0 Å². The van der Waals surface area contributed by atoms with E-state index in [1.807, 2.05) is 25.4 Å². The second-order valence-electron chi connectivity index (χ2n) is 16.8. The van der Waals surface area contributed by atoms with E-state index >= 15 is 0 Å². The molecule has 1 unspecified atom stereocenters. The van der Waals surface area contributed by atoms with Gasteiger partial charge in [0, 0.05) is 94.4 Å². The van der Waals surface area contributed by atoms with Crippen molar-refractivity contribution in [3.8, 4) is 22.6 Å². The summed E-state index contributed by atoms with van der Waals surface area (Å²) in [5.74, 6) is 1.51. The molecule has 6 heterocycles. The molecule has 1 atom stereocenters. The van der Waals surface area contributed by atoms with Gasteiger partial charge < -0.3 is 28.7 Å². The van der Waals surface area contributed by atoms with Crippen LogP contribution < -0.4 is 25.2 Å². The Hall–Kier alpha value is -4.79. The minimum absolute atomic E-state index is 0.0314. The van der Waals surface area contributed by atoms with Gasteiger partial charge in [-0.25, -0.2) is 0 Å². The highest BCUT2D eigenvalue weighted by Crippen LogP contribution is 2.39. The number of ether oxygens (including phenoxy) is 2. The van der Waals surface area contributed by atoms with Gasteiger partial charge in [0.15, 0.2) is 0 Å². The summed E-state index contributed by atoms with van der Waals surface area (Å²) in [6.45, 7) is 11.6. The molecule has 14 heteroatoms. The Morgan fingerprint density at radius 1 is 0.831 bits per heavy atom. The Morgan fingerprint density at radius 2 is 1.56 bits per heavy atom. The van der Waals surface area contributed by atoms with E-state index in [-0.39, 0.29) is 29.7 Å². The van der Waals surface area contributed by atoms with Crippen LogP contribution in [-0.2, 0) is 42.7 Å². The van der Waals surface area contributed by atoms with Gasteiger partial charge in [-0.2, -0.15) is 0 Å². The van der Waals surface area contributed by atoms with Crippen molar-refractivity contribution in [2.45, 2.75) is 77.5 Å². The summed E-state index contributed by atoms with van der Waals surface area (Å²) in [6, 6.07) is 9.66. The number of carbonyl (C=O) groups excluding carboxylic acids is 3. The largest absolute Gasteiger partial charge is 0.496 e. The summed E-state index contributed by atoms with van der Waals surface area (Å²) >= 11 is 5.61. The molecule has 3 amide bonds. The van der Waals surface area contributed by atoms with Crippen molar-refractivity contribution >= 4 is 40.6 Å². The molecule has 8 rings (SSSR count). The van der Waals surface area contributed by atoms with Crippen LogP contribution in [0.4, 0.5) is 5.69 Å². The van der Waals surface area contributed by atoms with Gasteiger partial charge in [-0.1, -0.05) is 19.1 Å². The lowest BCUT2D eigenvalue weighted by molar-refractivity contribution is -0.136. The van der Waals surface area contributed by atoms with Crippen LogP contribution in [0.3, 0.4) is 0 Å². The molecule has 1 N–H and O–H groups in total. The molecule has 5 aliphatic rings. The van der Waals surface area contributed by atoms with E-state index in [1.165, 1.54) is 6.42 Å². The fourth-order valence-corrected chi connectivity index (χ4v) is 9.95. The predicted molar refractivity (Wildman–Crippen MR) is 231 cm³/mol. The van der Waals surface area contributed by atoms with Crippen LogP contribution in [0.1, 0.15) is 78.1 Å². The zero-order valence-electron chi connectivity index (χ0n) is 34.9. The highest BCUT2D eigenvalue weighted by atomic mass is 32.1. The normalized spacial score (nSPS) is 20.4. The molecular weight excluding hydrogens is 767 g/mol. The SMILES string of the molecule is CCC(=S)N1CCc2c(-c3cc(OC)c(CN4CCC(CCN5CCN(c6ccc7c(c6)CN(C6CCC(=O)NC6=O)C7=O)CC5)CC4)c(OC)c3)cn(C)c(=O)c2C1. The number of hydrogen-bond donors (Lipinski definition) is 1.